The van der Waals surface area contributed by atoms with Crippen LogP contribution in [-0.2, 0) is 0 Å². The number of hydrogen-bond donors (Lipinski definition) is 0. The summed E-state index contributed by atoms with van der Waals surface area (Å²) in [6.07, 6.45) is 2.23. The second-order valence-electron chi connectivity index (χ2n) is 4.85. The molecule has 0 aromatic heterocycles. The number of benzene rings is 3. The van der Waals surface area contributed by atoms with Crippen molar-refractivity contribution in [3.8, 4) is 0 Å². The summed E-state index contributed by atoms with van der Waals surface area (Å²) in [4.78, 5) is 0. The molecule has 0 saturated heterocycles. The zero-order valence-electron chi connectivity index (χ0n) is 11.5. The van der Waals surface area contributed by atoms with Crippen LogP contribution in [-0.4, -0.2) is 0 Å². The zero-order chi connectivity index (χ0) is 14.5. The molecule has 0 atom stereocenters. The van der Waals surface area contributed by atoms with Gasteiger partial charge in [-0.2, -0.15) is 0 Å². The van der Waals surface area contributed by atoms with Crippen LogP contribution in [0.15, 0.2) is 89.4 Å². The summed E-state index contributed by atoms with van der Waals surface area (Å²) in [6.45, 7) is 0. The van der Waals surface area contributed by atoms with E-state index < -0.39 is 0 Å². The maximum Gasteiger partial charge on any atom is 0.0181 e. The predicted octanol–water partition coefficient (Wildman–Crippen LogP) is 6.04. The fraction of sp³-hybridized carbons (Fsp3) is 0. The highest BCUT2D eigenvalue weighted by Gasteiger charge is 2.05. The molecule has 0 amide bonds. The molecular formula is C20H15Br. The molecule has 102 valence electrons. The van der Waals surface area contributed by atoms with Gasteiger partial charge in [-0.05, 0) is 40.5 Å². The van der Waals surface area contributed by atoms with Crippen molar-refractivity contribution in [2.45, 2.75) is 0 Å². The minimum absolute atomic E-state index is 1.09. The Bertz CT molecular complexity index is 743. The first kappa shape index (κ1) is 13.8. The molecule has 3 aromatic rings. The number of rotatable bonds is 3. The highest BCUT2D eigenvalue weighted by Crippen LogP contribution is 2.27. The van der Waals surface area contributed by atoms with E-state index >= 15 is 0 Å². The van der Waals surface area contributed by atoms with Gasteiger partial charge in [0.05, 0.1) is 0 Å². The summed E-state index contributed by atoms with van der Waals surface area (Å²) in [6, 6.07) is 29.3. The van der Waals surface area contributed by atoms with Crippen LogP contribution >= 0.6 is 15.9 Å². The Kier molecular flexibility index (Phi) is 4.32. The van der Waals surface area contributed by atoms with Gasteiger partial charge in [-0.3, -0.25) is 0 Å². The van der Waals surface area contributed by atoms with E-state index in [1.165, 1.54) is 22.3 Å². The van der Waals surface area contributed by atoms with E-state index in [2.05, 4.69) is 94.8 Å². The second kappa shape index (κ2) is 6.55. The summed E-state index contributed by atoms with van der Waals surface area (Å²) >= 11 is 3.56. The molecule has 3 aromatic carbocycles. The number of halogens is 1. The van der Waals surface area contributed by atoms with Crippen LogP contribution in [0.2, 0.25) is 0 Å². The minimum atomic E-state index is 1.09. The van der Waals surface area contributed by atoms with Crippen molar-refractivity contribution in [3.63, 3.8) is 0 Å². The fourth-order valence-corrected chi connectivity index (χ4v) is 2.72. The van der Waals surface area contributed by atoms with Crippen molar-refractivity contribution in [2.24, 2.45) is 0 Å². The molecule has 0 aliphatic carbocycles. The van der Waals surface area contributed by atoms with Gasteiger partial charge in [0.2, 0.25) is 0 Å². The van der Waals surface area contributed by atoms with Gasteiger partial charge in [-0.25, -0.2) is 0 Å². The Labute approximate surface area is 133 Å². The lowest BCUT2D eigenvalue weighted by Crippen LogP contribution is -1.88. The quantitative estimate of drug-likeness (QED) is 0.512. The topological polar surface area (TPSA) is 0 Å². The Balaban J connectivity index is 2.14. The molecular weight excluding hydrogens is 320 g/mol. The van der Waals surface area contributed by atoms with Crippen LogP contribution in [0.3, 0.4) is 0 Å². The highest BCUT2D eigenvalue weighted by atomic mass is 79.9. The van der Waals surface area contributed by atoms with Crippen molar-refractivity contribution in [2.75, 3.05) is 0 Å². The maximum absolute atomic E-state index is 3.56. The van der Waals surface area contributed by atoms with E-state index in [4.69, 9.17) is 0 Å². The minimum Gasteiger partial charge on any atom is -0.0622 e. The standard InChI is InChI=1S/C20H15Br/c21-19-13-7-12-18(15-19)20(17-10-5-2-6-11-17)14-16-8-3-1-4-9-16/h1-15H/b20-14+. The Morgan fingerprint density at radius 1 is 0.667 bits per heavy atom. The third-order valence-electron chi connectivity index (χ3n) is 3.33. The van der Waals surface area contributed by atoms with Gasteiger partial charge in [0.15, 0.2) is 0 Å². The molecule has 0 spiro atoms. The first-order valence-corrected chi connectivity index (χ1v) is 7.70. The van der Waals surface area contributed by atoms with E-state index in [0.717, 1.165) is 4.47 Å². The largest absolute Gasteiger partial charge is 0.0622 e. The molecule has 0 heterocycles. The van der Waals surface area contributed by atoms with Crippen molar-refractivity contribution in [1.29, 1.82) is 0 Å². The maximum atomic E-state index is 3.56. The van der Waals surface area contributed by atoms with Crippen LogP contribution < -0.4 is 0 Å². The van der Waals surface area contributed by atoms with Gasteiger partial charge >= 0.3 is 0 Å². The first-order chi connectivity index (χ1) is 10.3. The van der Waals surface area contributed by atoms with E-state index in [9.17, 15) is 0 Å². The van der Waals surface area contributed by atoms with Gasteiger partial charge < -0.3 is 0 Å². The average Bonchev–Trinajstić information content (AvgIpc) is 2.54. The summed E-state index contributed by atoms with van der Waals surface area (Å²) in [7, 11) is 0. The third kappa shape index (κ3) is 3.50. The Morgan fingerprint density at radius 3 is 1.95 bits per heavy atom. The van der Waals surface area contributed by atoms with Gasteiger partial charge in [-0.15, -0.1) is 0 Å². The molecule has 0 unspecified atom stereocenters. The smallest absolute Gasteiger partial charge is 0.0181 e. The normalized spacial score (nSPS) is 11.4. The van der Waals surface area contributed by atoms with Gasteiger partial charge in [0.25, 0.3) is 0 Å². The van der Waals surface area contributed by atoms with Gasteiger partial charge in [0, 0.05) is 4.47 Å². The Morgan fingerprint density at radius 2 is 1.29 bits per heavy atom. The van der Waals surface area contributed by atoms with Gasteiger partial charge in [0.1, 0.15) is 0 Å². The second-order valence-corrected chi connectivity index (χ2v) is 5.76. The van der Waals surface area contributed by atoms with Crippen LogP contribution in [0.1, 0.15) is 16.7 Å². The molecule has 21 heavy (non-hydrogen) atoms. The van der Waals surface area contributed by atoms with Crippen molar-refractivity contribution in [1.82, 2.24) is 0 Å². The van der Waals surface area contributed by atoms with Crippen molar-refractivity contribution < 1.29 is 0 Å². The molecule has 0 aliphatic heterocycles. The molecule has 0 bridgehead atoms. The van der Waals surface area contributed by atoms with Crippen molar-refractivity contribution in [3.05, 3.63) is 106 Å². The number of hydrogen-bond acceptors (Lipinski definition) is 0. The first-order valence-electron chi connectivity index (χ1n) is 6.91. The van der Waals surface area contributed by atoms with Crippen LogP contribution in [0, 0.1) is 0 Å². The lowest BCUT2D eigenvalue weighted by atomic mass is 9.96. The molecule has 0 fully saturated rings. The van der Waals surface area contributed by atoms with E-state index in [1.54, 1.807) is 0 Å². The molecule has 3 rings (SSSR count). The summed E-state index contributed by atoms with van der Waals surface area (Å²) in [5.41, 5.74) is 4.86. The molecule has 1 heteroatoms. The average molecular weight is 335 g/mol. The Hall–Kier alpha value is -2.12. The molecule has 0 nitrogen and oxygen atoms in total. The van der Waals surface area contributed by atoms with E-state index in [1.807, 2.05) is 12.1 Å². The molecule has 0 N–H and O–H groups in total. The summed E-state index contributed by atoms with van der Waals surface area (Å²) < 4.78 is 1.09. The SMILES string of the molecule is Brc1cccc(/C(=C/c2ccccc2)c2ccccc2)c1. The molecule has 0 saturated carbocycles. The highest BCUT2D eigenvalue weighted by molar-refractivity contribution is 9.10. The van der Waals surface area contributed by atoms with E-state index in [-0.39, 0.29) is 0 Å². The lowest BCUT2D eigenvalue weighted by Gasteiger charge is -2.09. The van der Waals surface area contributed by atoms with Gasteiger partial charge in [-0.1, -0.05) is 88.7 Å². The lowest BCUT2D eigenvalue weighted by molar-refractivity contribution is 1.53. The summed E-state index contributed by atoms with van der Waals surface area (Å²) in [5, 5.41) is 0. The zero-order valence-corrected chi connectivity index (χ0v) is 13.1. The fourth-order valence-electron chi connectivity index (χ4n) is 2.32. The van der Waals surface area contributed by atoms with E-state index in [0.29, 0.717) is 0 Å². The molecule has 0 radical (unpaired) electrons. The van der Waals surface area contributed by atoms with Crippen LogP contribution in [0.25, 0.3) is 11.6 Å². The van der Waals surface area contributed by atoms with Crippen LogP contribution in [0.4, 0.5) is 0 Å². The van der Waals surface area contributed by atoms with Crippen LogP contribution in [0.5, 0.6) is 0 Å². The monoisotopic (exact) mass is 334 g/mol. The molecule has 0 aliphatic rings. The predicted molar refractivity (Wildman–Crippen MR) is 94.0 cm³/mol. The third-order valence-corrected chi connectivity index (χ3v) is 3.82. The summed E-state index contributed by atoms with van der Waals surface area (Å²) in [5.74, 6) is 0. The van der Waals surface area contributed by atoms with Crippen molar-refractivity contribution >= 4 is 27.6 Å².